The number of aromatic nitrogens is 1. The molecule has 1 aromatic rings. The number of hydrogen-bond donors (Lipinski definition) is 1. The Labute approximate surface area is 113 Å². The van der Waals surface area contributed by atoms with Gasteiger partial charge in [0.25, 0.3) is 5.91 Å². The van der Waals surface area contributed by atoms with E-state index in [0.29, 0.717) is 17.4 Å². The van der Waals surface area contributed by atoms with Crippen LogP contribution in [-0.2, 0) is 0 Å². The average molecular weight is 270 g/mol. The molecule has 0 aliphatic rings. The van der Waals surface area contributed by atoms with Crippen LogP contribution in [0, 0.1) is 0 Å². The zero-order valence-corrected chi connectivity index (χ0v) is 11.7. The second-order valence-corrected chi connectivity index (χ2v) is 4.42. The van der Waals surface area contributed by atoms with Crippen molar-refractivity contribution in [1.82, 2.24) is 15.2 Å². The highest BCUT2D eigenvalue weighted by molar-refractivity contribution is 6.29. The van der Waals surface area contributed by atoms with Crippen LogP contribution in [0.25, 0.3) is 0 Å². The molecule has 0 saturated carbocycles. The number of hydrogen-bond acceptors (Lipinski definition) is 3. The van der Waals surface area contributed by atoms with E-state index in [4.69, 9.17) is 11.6 Å². The molecular formula is C13H20ClN3O. The minimum absolute atomic E-state index is 0.176. The van der Waals surface area contributed by atoms with Crippen molar-refractivity contribution >= 4 is 17.5 Å². The number of nitrogens with zero attached hydrogens (tertiary/aromatic N) is 2. The van der Waals surface area contributed by atoms with Crippen molar-refractivity contribution in [2.45, 2.75) is 20.3 Å². The van der Waals surface area contributed by atoms with Crippen molar-refractivity contribution in [3.05, 3.63) is 29.0 Å². The van der Waals surface area contributed by atoms with E-state index in [1.165, 1.54) is 0 Å². The Morgan fingerprint density at radius 3 is 2.78 bits per heavy atom. The zero-order valence-electron chi connectivity index (χ0n) is 10.9. The minimum Gasteiger partial charge on any atom is -0.349 e. The SMILES string of the molecule is CCCN(CC)CCNC(=O)c1cccc(Cl)n1. The summed E-state index contributed by atoms with van der Waals surface area (Å²) in [6, 6.07) is 5.03. The molecule has 1 N–H and O–H groups in total. The maximum absolute atomic E-state index is 11.8. The van der Waals surface area contributed by atoms with Crippen molar-refractivity contribution in [3.8, 4) is 0 Å². The minimum atomic E-state index is -0.176. The molecule has 0 aromatic carbocycles. The molecule has 4 nitrogen and oxygen atoms in total. The third-order valence-corrected chi connectivity index (χ3v) is 2.86. The lowest BCUT2D eigenvalue weighted by atomic mass is 10.3. The van der Waals surface area contributed by atoms with Gasteiger partial charge >= 0.3 is 0 Å². The average Bonchev–Trinajstić information content (AvgIpc) is 2.37. The van der Waals surface area contributed by atoms with Gasteiger partial charge in [-0.05, 0) is 31.6 Å². The van der Waals surface area contributed by atoms with E-state index in [9.17, 15) is 4.79 Å². The van der Waals surface area contributed by atoms with Crippen LogP contribution in [-0.4, -0.2) is 42.0 Å². The molecule has 0 fully saturated rings. The fraction of sp³-hybridized carbons (Fsp3) is 0.538. The van der Waals surface area contributed by atoms with E-state index in [1.807, 2.05) is 0 Å². The van der Waals surface area contributed by atoms with E-state index in [1.54, 1.807) is 18.2 Å². The van der Waals surface area contributed by atoms with Crippen LogP contribution in [0.3, 0.4) is 0 Å². The first-order valence-electron chi connectivity index (χ1n) is 6.30. The highest BCUT2D eigenvalue weighted by Crippen LogP contribution is 2.04. The normalized spacial score (nSPS) is 10.7. The maximum Gasteiger partial charge on any atom is 0.269 e. The number of carbonyl (C=O) groups is 1. The van der Waals surface area contributed by atoms with Gasteiger partial charge in [0.2, 0.25) is 0 Å². The Morgan fingerprint density at radius 1 is 1.39 bits per heavy atom. The highest BCUT2D eigenvalue weighted by Gasteiger charge is 2.07. The van der Waals surface area contributed by atoms with Crippen LogP contribution >= 0.6 is 11.6 Å². The fourth-order valence-electron chi connectivity index (χ4n) is 1.70. The summed E-state index contributed by atoms with van der Waals surface area (Å²) in [7, 11) is 0. The summed E-state index contributed by atoms with van der Waals surface area (Å²) in [4.78, 5) is 18.0. The molecule has 1 rings (SSSR count). The van der Waals surface area contributed by atoms with Gasteiger partial charge in [-0.2, -0.15) is 0 Å². The second-order valence-electron chi connectivity index (χ2n) is 4.04. The molecule has 1 amide bonds. The Bertz CT molecular complexity index is 384. The summed E-state index contributed by atoms with van der Waals surface area (Å²) in [5.41, 5.74) is 0.362. The first-order chi connectivity index (χ1) is 8.67. The van der Waals surface area contributed by atoms with E-state index < -0.39 is 0 Å². The number of pyridine rings is 1. The topological polar surface area (TPSA) is 45.2 Å². The van der Waals surface area contributed by atoms with Gasteiger partial charge in [0.1, 0.15) is 10.8 Å². The summed E-state index contributed by atoms with van der Waals surface area (Å²) in [6.07, 6.45) is 1.12. The van der Waals surface area contributed by atoms with Crippen LogP contribution in [0.2, 0.25) is 5.15 Å². The Morgan fingerprint density at radius 2 is 2.17 bits per heavy atom. The smallest absolute Gasteiger partial charge is 0.269 e. The lowest BCUT2D eigenvalue weighted by molar-refractivity contribution is 0.0943. The lowest BCUT2D eigenvalue weighted by Gasteiger charge is -2.19. The van der Waals surface area contributed by atoms with Gasteiger partial charge in [-0.1, -0.05) is 31.5 Å². The predicted octanol–water partition coefficient (Wildman–Crippen LogP) is 2.20. The van der Waals surface area contributed by atoms with Crippen molar-refractivity contribution in [3.63, 3.8) is 0 Å². The van der Waals surface area contributed by atoms with E-state index >= 15 is 0 Å². The van der Waals surface area contributed by atoms with Gasteiger partial charge in [0.15, 0.2) is 0 Å². The van der Waals surface area contributed by atoms with E-state index in [0.717, 1.165) is 26.1 Å². The summed E-state index contributed by atoms with van der Waals surface area (Å²) in [6.45, 7) is 7.81. The summed E-state index contributed by atoms with van der Waals surface area (Å²) in [5, 5.41) is 3.18. The largest absolute Gasteiger partial charge is 0.349 e. The Balaban J connectivity index is 2.37. The van der Waals surface area contributed by atoms with E-state index in [2.05, 4.69) is 29.0 Å². The summed E-state index contributed by atoms with van der Waals surface area (Å²) in [5.74, 6) is -0.176. The summed E-state index contributed by atoms with van der Waals surface area (Å²) >= 11 is 5.74. The maximum atomic E-state index is 11.8. The molecule has 0 radical (unpaired) electrons. The molecule has 5 heteroatoms. The standard InChI is InChI=1S/C13H20ClN3O/c1-3-9-17(4-2)10-8-15-13(18)11-6-5-7-12(14)16-11/h5-7H,3-4,8-10H2,1-2H3,(H,15,18). The molecule has 0 aliphatic carbocycles. The van der Waals surface area contributed by atoms with Crippen molar-refractivity contribution in [2.24, 2.45) is 0 Å². The zero-order chi connectivity index (χ0) is 13.4. The Hall–Kier alpha value is -1.13. The number of rotatable bonds is 7. The van der Waals surface area contributed by atoms with Gasteiger partial charge in [-0.25, -0.2) is 4.98 Å². The molecule has 0 unspecified atom stereocenters. The number of amides is 1. The van der Waals surface area contributed by atoms with Crippen LogP contribution in [0.1, 0.15) is 30.8 Å². The molecular weight excluding hydrogens is 250 g/mol. The van der Waals surface area contributed by atoms with Crippen molar-refractivity contribution in [1.29, 1.82) is 0 Å². The molecule has 0 atom stereocenters. The first kappa shape index (κ1) is 14.9. The van der Waals surface area contributed by atoms with Gasteiger partial charge < -0.3 is 10.2 Å². The summed E-state index contributed by atoms with van der Waals surface area (Å²) < 4.78 is 0. The second kappa shape index (κ2) is 8.06. The molecule has 1 aromatic heterocycles. The highest BCUT2D eigenvalue weighted by atomic mass is 35.5. The van der Waals surface area contributed by atoms with Crippen molar-refractivity contribution < 1.29 is 4.79 Å². The van der Waals surface area contributed by atoms with Crippen LogP contribution in [0.5, 0.6) is 0 Å². The van der Waals surface area contributed by atoms with Crippen LogP contribution in [0.4, 0.5) is 0 Å². The predicted molar refractivity (Wildman–Crippen MR) is 74.0 cm³/mol. The van der Waals surface area contributed by atoms with Gasteiger partial charge in [0.05, 0.1) is 0 Å². The first-order valence-corrected chi connectivity index (χ1v) is 6.68. The molecule has 0 bridgehead atoms. The molecule has 0 aliphatic heterocycles. The third-order valence-electron chi connectivity index (χ3n) is 2.65. The molecule has 18 heavy (non-hydrogen) atoms. The van der Waals surface area contributed by atoms with Gasteiger partial charge in [-0.15, -0.1) is 0 Å². The number of carbonyl (C=O) groups excluding carboxylic acids is 1. The lowest BCUT2D eigenvalue weighted by Crippen LogP contribution is -2.35. The van der Waals surface area contributed by atoms with Gasteiger partial charge in [0, 0.05) is 13.1 Å². The molecule has 0 saturated heterocycles. The van der Waals surface area contributed by atoms with Crippen LogP contribution < -0.4 is 5.32 Å². The monoisotopic (exact) mass is 269 g/mol. The number of likely N-dealkylation sites (N-methyl/N-ethyl adjacent to an activating group) is 1. The number of halogens is 1. The third kappa shape index (κ3) is 5.02. The fourth-order valence-corrected chi connectivity index (χ4v) is 1.86. The number of nitrogens with one attached hydrogen (secondary N) is 1. The molecule has 0 spiro atoms. The molecule has 1 heterocycles. The van der Waals surface area contributed by atoms with E-state index in [-0.39, 0.29) is 5.91 Å². The van der Waals surface area contributed by atoms with Crippen molar-refractivity contribution in [2.75, 3.05) is 26.2 Å². The quantitative estimate of drug-likeness (QED) is 0.772. The van der Waals surface area contributed by atoms with Crippen LogP contribution in [0.15, 0.2) is 18.2 Å². The van der Waals surface area contributed by atoms with Gasteiger partial charge in [-0.3, -0.25) is 4.79 Å². The molecule has 100 valence electrons. The Kier molecular flexibility index (Phi) is 6.68.